The predicted molar refractivity (Wildman–Crippen MR) is 140 cm³/mol. The third-order valence-corrected chi connectivity index (χ3v) is 5.30. The van der Waals surface area contributed by atoms with Crippen LogP contribution in [0.3, 0.4) is 0 Å². The second kappa shape index (κ2) is 11.4. The van der Waals surface area contributed by atoms with Crippen molar-refractivity contribution in [1.82, 2.24) is 4.98 Å². The van der Waals surface area contributed by atoms with Crippen molar-refractivity contribution in [2.24, 2.45) is 0 Å². The molecule has 0 radical (unpaired) electrons. The van der Waals surface area contributed by atoms with Crippen LogP contribution in [0.1, 0.15) is 24.1 Å². The second-order valence-corrected chi connectivity index (χ2v) is 7.62. The van der Waals surface area contributed by atoms with Crippen LogP contribution in [-0.4, -0.2) is 17.4 Å². The van der Waals surface area contributed by atoms with Gasteiger partial charge in [0.05, 0.1) is 23.3 Å². The van der Waals surface area contributed by atoms with E-state index in [1.165, 1.54) is 0 Å². The summed E-state index contributed by atoms with van der Waals surface area (Å²) in [7, 11) is 0. The van der Waals surface area contributed by atoms with Crippen molar-refractivity contribution < 1.29 is 4.79 Å². The van der Waals surface area contributed by atoms with Crippen LogP contribution >= 0.6 is 0 Å². The van der Waals surface area contributed by atoms with Crippen molar-refractivity contribution in [1.29, 1.82) is 0 Å². The van der Waals surface area contributed by atoms with E-state index in [-0.39, 0.29) is 5.91 Å². The largest absolute Gasteiger partial charge is 0.379 e. The average molecular weight is 434 g/mol. The molecule has 4 nitrogen and oxygen atoms in total. The van der Waals surface area contributed by atoms with Gasteiger partial charge in [-0.25, -0.2) is 0 Å². The van der Waals surface area contributed by atoms with Crippen molar-refractivity contribution in [3.8, 4) is 0 Å². The van der Waals surface area contributed by atoms with E-state index < -0.39 is 0 Å². The fourth-order valence-electron chi connectivity index (χ4n) is 3.69. The lowest BCUT2D eigenvalue weighted by Gasteiger charge is -2.22. The summed E-state index contributed by atoms with van der Waals surface area (Å²) >= 11 is 0. The van der Waals surface area contributed by atoms with E-state index in [1.807, 2.05) is 97.2 Å². The molecule has 0 saturated heterocycles. The molecule has 2 aliphatic carbocycles. The van der Waals surface area contributed by atoms with E-state index >= 15 is 0 Å². The smallest absolute Gasteiger partial charge is 0.251 e. The Kier molecular flexibility index (Phi) is 7.64. The first kappa shape index (κ1) is 22.0. The highest BCUT2D eigenvalue weighted by molar-refractivity contribution is 6.06. The molecule has 0 unspecified atom stereocenters. The monoisotopic (exact) mass is 433 g/mol. The molecule has 33 heavy (non-hydrogen) atoms. The lowest BCUT2D eigenvalue weighted by Crippen LogP contribution is -2.18. The molecule has 2 heterocycles. The van der Waals surface area contributed by atoms with Gasteiger partial charge in [-0.3, -0.25) is 9.78 Å². The molecule has 1 aromatic rings. The normalized spacial score (nSPS) is 27.0. The van der Waals surface area contributed by atoms with Gasteiger partial charge >= 0.3 is 0 Å². The highest BCUT2D eigenvalue weighted by Crippen LogP contribution is 2.37. The third kappa shape index (κ3) is 5.95. The zero-order chi connectivity index (χ0) is 22.7. The van der Waals surface area contributed by atoms with Crippen LogP contribution in [0.2, 0.25) is 0 Å². The number of amides is 1. The first-order chi connectivity index (χ1) is 16.3. The Morgan fingerprint density at radius 3 is 2.24 bits per heavy atom. The number of carbonyl (C=O) groups is 1. The molecule has 3 aliphatic rings. The number of nitrogens with one attached hydrogen (secondary N) is 2. The summed E-state index contributed by atoms with van der Waals surface area (Å²) in [6.07, 6.45) is 38.8. The number of hydrogen-bond acceptors (Lipinski definition) is 3. The van der Waals surface area contributed by atoms with Gasteiger partial charge in [-0.1, -0.05) is 103 Å². The lowest BCUT2D eigenvalue weighted by atomic mass is 9.96. The molecule has 0 fully saturated rings. The lowest BCUT2D eigenvalue weighted by molar-refractivity contribution is -0.112. The predicted octanol–water partition coefficient (Wildman–Crippen LogP) is 6.47. The maximum Gasteiger partial charge on any atom is 0.251 e. The maximum atomic E-state index is 13.3. The van der Waals surface area contributed by atoms with Crippen LogP contribution in [0.25, 0.3) is 11.6 Å². The summed E-state index contributed by atoms with van der Waals surface area (Å²) < 4.78 is 0. The van der Waals surface area contributed by atoms with Gasteiger partial charge in [-0.15, -0.1) is 0 Å². The van der Waals surface area contributed by atoms with E-state index in [0.717, 1.165) is 35.5 Å². The Hall–Kier alpha value is -4.18. The minimum absolute atomic E-state index is 0.137. The molecule has 1 aliphatic heterocycles. The Morgan fingerprint density at radius 1 is 0.788 bits per heavy atom. The topological polar surface area (TPSA) is 54.0 Å². The molecular weight excluding hydrogens is 406 g/mol. The Labute approximate surface area is 195 Å². The molecule has 0 atom stereocenters. The van der Waals surface area contributed by atoms with E-state index in [2.05, 4.69) is 27.8 Å². The molecule has 0 aromatic carbocycles. The second-order valence-electron chi connectivity index (χ2n) is 7.62. The molecule has 2 N–H and O–H groups in total. The van der Waals surface area contributed by atoms with Crippen LogP contribution in [0.5, 0.6) is 0 Å². The minimum atomic E-state index is -0.137. The van der Waals surface area contributed by atoms with Crippen LogP contribution in [0.15, 0.2) is 115 Å². The summed E-state index contributed by atoms with van der Waals surface area (Å²) in [5.74, 6) is -0.137. The number of rotatable bonds is 3. The van der Waals surface area contributed by atoms with Crippen molar-refractivity contribution in [3.05, 3.63) is 126 Å². The van der Waals surface area contributed by atoms with Crippen molar-refractivity contribution >= 4 is 28.9 Å². The van der Waals surface area contributed by atoms with Crippen molar-refractivity contribution in [3.63, 3.8) is 0 Å². The number of allylic oxidation sites excluding steroid dienone is 17. The van der Waals surface area contributed by atoms with Gasteiger partial charge in [0, 0.05) is 17.7 Å². The van der Waals surface area contributed by atoms with E-state index in [1.54, 1.807) is 6.20 Å². The highest BCUT2D eigenvalue weighted by atomic mass is 16.1. The summed E-state index contributed by atoms with van der Waals surface area (Å²) in [5.41, 5.74) is 5.28. The SMILES string of the molecule is O=C(Nc1cnc2c(c1/C1=C/C=C\C=C/C=C\C1)NCC=C2)/C1=C/C=C\C=C/C=C\C=C/C1. The maximum absolute atomic E-state index is 13.3. The number of aromatic nitrogens is 1. The molecule has 0 saturated carbocycles. The summed E-state index contributed by atoms with van der Waals surface area (Å²) in [6.45, 7) is 0.724. The van der Waals surface area contributed by atoms with E-state index in [4.69, 9.17) is 0 Å². The van der Waals surface area contributed by atoms with E-state index in [9.17, 15) is 4.79 Å². The Morgan fingerprint density at radius 2 is 1.45 bits per heavy atom. The molecule has 0 bridgehead atoms. The molecule has 164 valence electrons. The quantitative estimate of drug-likeness (QED) is 0.574. The van der Waals surface area contributed by atoms with Gasteiger partial charge < -0.3 is 10.6 Å². The molecule has 4 heteroatoms. The molecule has 1 aromatic heterocycles. The van der Waals surface area contributed by atoms with Gasteiger partial charge in [-0.2, -0.15) is 0 Å². The number of anilines is 2. The highest BCUT2D eigenvalue weighted by Gasteiger charge is 2.20. The van der Waals surface area contributed by atoms with E-state index in [0.29, 0.717) is 17.7 Å². The summed E-state index contributed by atoms with van der Waals surface area (Å²) in [6, 6.07) is 0. The number of fused-ring (bicyclic) bond motifs is 1. The molecule has 4 rings (SSSR count). The summed E-state index contributed by atoms with van der Waals surface area (Å²) in [4.78, 5) is 17.9. The van der Waals surface area contributed by atoms with Gasteiger partial charge in [0.15, 0.2) is 0 Å². The Balaban J connectivity index is 1.71. The molecule has 1 amide bonds. The third-order valence-electron chi connectivity index (χ3n) is 5.30. The number of nitrogens with zero attached hydrogens (tertiary/aromatic N) is 1. The first-order valence-electron chi connectivity index (χ1n) is 11.1. The first-order valence-corrected chi connectivity index (χ1v) is 11.1. The van der Waals surface area contributed by atoms with Gasteiger partial charge in [0.1, 0.15) is 0 Å². The van der Waals surface area contributed by atoms with Crippen molar-refractivity contribution in [2.75, 3.05) is 17.2 Å². The van der Waals surface area contributed by atoms with Crippen molar-refractivity contribution in [2.45, 2.75) is 12.8 Å². The van der Waals surface area contributed by atoms with Crippen LogP contribution in [-0.2, 0) is 4.79 Å². The standard InChI is InChI=1S/C29H27N3O/c33-29(24-18-13-9-3-1-2-4-10-14-19-24)32-26-22-31-25-20-15-21-30-28(25)27(26)23-16-11-7-5-6-8-12-17-23/h1-16,18,20,22,30H,17,19,21H2,(H,32,33)/b3-1-,4-2-,6-5-,11-7-,12-8-,13-9-,14-10-,23-16+,24-18+. The average Bonchev–Trinajstić information content (AvgIpc) is 2.92. The zero-order valence-electron chi connectivity index (χ0n) is 18.4. The zero-order valence-corrected chi connectivity index (χ0v) is 18.4. The van der Waals surface area contributed by atoms with Crippen LogP contribution < -0.4 is 10.6 Å². The fraction of sp³-hybridized carbons (Fsp3) is 0.103. The number of hydrogen-bond donors (Lipinski definition) is 2. The minimum Gasteiger partial charge on any atom is -0.379 e. The number of pyridine rings is 1. The molecule has 0 spiro atoms. The fourth-order valence-corrected chi connectivity index (χ4v) is 3.69. The Bertz CT molecular complexity index is 1200. The molecular formula is C29H27N3O. The van der Waals surface area contributed by atoms with Crippen LogP contribution in [0.4, 0.5) is 11.4 Å². The van der Waals surface area contributed by atoms with Gasteiger partial charge in [0.2, 0.25) is 0 Å². The van der Waals surface area contributed by atoms with Gasteiger partial charge in [0.25, 0.3) is 5.91 Å². The number of carbonyl (C=O) groups excluding carboxylic acids is 1. The summed E-state index contributed by atoms with van der Waals surface area (Å²) in [5, 5.41) is 6.59. The van der Waals surface area contributed by atoms with Crippen LogP contribution in [0, 0.1) is 0 Å². The van der Waals surface area contributed by atoms with Gasteiger partial charge in [-0.05, 0) is 24.5 Å².